The fourth-order valence-electron chi connectivity index (χ4n) is 2.28. The molecule has 2 rings (SSSR count). The topological polar surface area (TPSA) is 53.9 Å². The van der Waals surface area contributed by atoms with Crippen molar-refractivity contribution in [1.82, 2.24) is 4.90 Å². The molecule has 0 unspecified atom stereocenters. The zero-order valence-electron chi connectivity index (χ0n) is 12.1. The average Bonchev–Trinajstić information content (AvgIpc) is 2.48. The number of quaternary nitrogens is 1. The van der Waals surface area contributed by atoms with E-state index in [4.69, 9.17) is 0 Å². The molecule has 5 heteroatoms. The Morgan fingerprint density at radius 2 is 1.90 bits per heavy atom. The van der Waals surface area contributed by atoms with Crippen LogP contribution in [0.5, 0.6) is 0 Å². The van der Waals surface area contributed by atoms with E-state index in [1.165, 1.54) is 4.90 Å². The molecule has 0 aliphatic carbocycles. The summed E-state index contributed by atoms with van der Waals surface area (Å²) in [7, 11) is 2.14. The van der Waals surface area contributed by atoms with E-state index in [0.29, 0.717) is 17.7 Å². The van der Waals surface area contributed by atoms with Crippen molar-refractivity contribution >= 4 is 17.5 Å². The minimum atomic E-state index is -0.0759. The third-order valence-electron chi connectivity index (χ3n) is 3.66. The highest BCUT2D eigenvalue weighted by atomic mass is 16.2. The molecule has 0 saturated carbocycles. The molecule has 5 nitrogen and oxygen atoms in total. The summed E-state index contributed by atoms with van der Waals surface area (Å²) in [5.41, 5.74) is 1.18. The van der Waals surface area contributed by atoms with Gasteiger partial charge in [0, 0.05) is 6.42 Å². The standard InChI is InChI=1S/C15H21N3O2/c1-3-14(19)16-13-7-5-4-6-12(13)15(20)18-10-8-17(2)9-11-18/h4-7H,3,8-11H2,1-2H3,(H,16,19)/p+1. The Labute approximate surface area is 119 Å². The summed E-state index contributed by atoms with van der Waals surface area (Å²) < 4.78 is 0. The fraction of sp³-hybridized carbons (Fsp3) is 0.467. The lowest BCUT2D eigenvalue weighted by molar-refractivity contribution is -0.883. The van der Waals surface area contributed by atoms with Gasteiger partial charge < -0.3 is 15.1 Å². The first kappa shape index (κ1) is 14.5. The number of nitrogens with one attached hydrogen (secondary N) is 2. The number of likely N-dealkylation sites (N-methyl/N-ethyl adjacent to an activating group) is 1. The van der Waals surface area contributed by atoms with Gasteiger partial charge in [0.25, 0.3) is 5.91 Å². The number of carbonyl (C=O) groups is 2. The van der Waals surface area contributed by atoms with Crippen LogP contribution in [0.1, 0.15) is 23.7 Å². The van der Waals surface area contributed by atoms with Gasteiger partial charge in [-0.05, 0) is 12.1 Å². The number of anilines is 1. The molecule has 20 heavy (non-hydrogen) atoms. The molecule has 1 heterocycles. The molecule has 1 aromatic rings. The minimum absolute atomic E-state index is 0.00417. The maximum atomic E-state index is 12.6. The maximum Gasteiger partial charge on any atom is 0.256 e. The van der Waals surface area contributed by atoms with Crippen molar-refractivity contribution in [1.29, 1.82) is 0 Å². The first-order valence-corrected chi connectivity index (χ1v) is 7.11. The van der Waals surface area contributed by atoms with Gasteiger partial charge in [0.05, 0.1) is 44.5 Å². The summed E-state index contributed by atoms with van der Waals surface area (Å²) in [5, 5.41) is 2.80. The molecule has 0 aromatic heterocycles. The number of hydrogen-bond donors (Lipinski definition) is 2. The Kier molecular flexibility index (Phi) is 4.74. The summed E-state index contributed by atoms with van der Waals surface area (Å²) in [6.45, 7) is 5.26. The van der Waals surface area contributed by atoms with Crippen LogP contribution in [0.2, 0.25) is 0 Å². The predicted octanol–water partition coefficient (Wildman–Crippen LogP) is 0.00560. The predicted molar refractivity (Wildman–Crippen MR) is 77.9 cm³/mol. The first-order chi connectivity index (χ1) is 9.61. The van der Waals surface area contributed by atoms with Crippen molar-refractivity contribution in [3.8, 4) is 0 Å². The fourth-order valence-corrected chi connectivity index (χ4v) is 2.28. The number of nitrogens with zero attached hydrogens (tertiary/aromatic N) is 1. The van der Waals surface area contributed by atoms with Gasteiger partial charge in [-0.3, -0.25) is 9.59 Å². The molecule has 1 aliphatic rings. The van der Waals surface area contributed by atoms with Crippen molar-refractivity contribution in [3.05, 3.63) is 29.8 Å². The number of piperazine rings is 1. The molecular formula is C15H22N3O2+. The normalized spacial score (nSPS) is 16.0. The highest BCUT2D eigenvalue weighted by Gasteiger charge is 2.24. The van der Waals surface area contributed by atoms with Crippen LogP contribution >= 0.6 is 0 Å². The molecule has 0 atom stereocenters. The zero-order valence-corrected chi connectivity index (χ0v) is 12.1. The van der Waals surface area contributed by atoms with E-state index < -0.39 is 0 Å². The van der Waals surface area contributed by atoms with E-state index in [1.807, 2.05) is 17.0 Å². The van der Waals surface area contributed by atoms with E-state index >= 15 is 0 Å². The molecule has 0 spiro atoms. The number of para-hydroxylation sites is 1. The summed E-state index contributed by atoms with van der Waals surface area (Å²) in [6.07, 6.45) is 0.403. The number of benzene rings is 1. The highest BCUT2D eigenvalue weighted by Crippen LogP contribution is 2.17. The van der Waals surface area contributed by atoms with Gasteiger partial charge in [0.1, 0.15) is 0 Å². The Morgan fingerprint density at radius 3 is 2.55 bits per heavy atom. The maximum absolute atomic E-state index is 12.6. The van der Waals surface area contributed by atoms with Crippen LogP contribution in [0.15, 0.2) is 24.3 Å². The summed E-state index contributed by atoms with van der Waals surface area (Å²) in [6, 6.07) is 7.22. The quantitative estimate of drug-likeness (QED) is 0.817. The van der Waals surface area contributed by atoms with Gasteiger partial charge in [-0.15, -0.1) is 0 Å². The molecule has 1 aromatic carbocycles. The zero-order chi connectivity index (χ0) is 14.5. The van der Waals surface area contributed by atoms with E-state index in [-0.39, 0.29) is 11.8 Å². The number of hydrogen-bond acceptors (Lipinski definition) is 2. The Hall–Kier alpha value is -1.88. The van der Waals surface area contributed by atoms with Crippen LogP contribution in [0.25, 0.3) is 0 Å². The van der Waals surface area contributed by atoms with Gasteiger partial charge in [-0.25, -0.2) is 0 Å². The molecule has 0 radical (unpaired) electrons. The first-order valence-electron chi connectivity index (χ1n) is 7.11. The summed E-state index contributed by atoms with van der Waals surface area (Å²) in [5.74, 6) is -0.0717. The lowest BCUT2D eigenvalue weighted by Crippen LogP contribution is -3.12. The van der Waals surface area contributed by atoms with E-state index in [2.05, 4.69) is 12.4 Å². The highest BCUT2D eigenvalue weighted by molar-refractivity contribution is 6.03. The van der Waals surface area contributed by atoms with E-state index in [1.54, 1.807) is 19.1 Å². The Balaban J connectivity index is 2.15. The van der Waals surface area contributed by atoms with Crippen molar-refractivity contribution in [2.45, 2.75) is 13.3 Å². The molecule has 1 fully saturated rings. The van der Waals surface area contributed by atoms with Gasteiger partial charge in [-0.1, -0.05) is 19.1 Å². The largest absolute Gasteiger partial charge is 0.334 e. The molecule has 2 amide bonds. The minimum Gasteiger partial charge on any atom is -0.334 e. The molecule has 1 saturated heterocycles. The van der Waals surface area contributed by atoms with Crippen LogP contribution in [-0.4, -0.2) is 49.9 Å². The number of rotatable bonds is 3. The molecule has 108 valence electrons. The monoisotopic (exact) mass is 276 g/mol. The van der Waals surface area contributed by atoms with Crippen LogP contribution in [0.4, 0.5) is 5.69 Å². The van der Waals surface area contributed by atoms with Crippen LogP contribution in [0.3, 0.4) is 0 Å². The van der Waals surface area contributed by atoms with Crippen molar-refractivity contribution in [3.63, 3.8) is 0 Å². The molecular weight excluding hydrogens is 254 g/mol. The van der Waals surface area contributed by atoms with Gasteiger partial charge in [0.2, 0.25) is 5.91 Å². The van der Waals surface area contributed by atoms with Crippen LogP contribution in [-0.2, 0) is 4.79 Å². The van der Waals surface area contributed by atoms with Crippen molar-refractivity contribution in [2.24, 2.45) is 0 Å². The van der Waals surface area contributed by atoms with E-state index in [0.717, 1.165) is 26.2 Å². The summed E-state index contributed by atoms with van der Waals surface area (Å²) in [4.78, 5) is 27.4. The lowest BCUT2D eigenvalue weighted by Gasteiger charge is -2.30. The third-order valence-corrected chi connectivity index (χ3v) is 3.66. The van der Waals surface area contributed by atoms with Gasteiger partial charge >= 0.3 is 0 Å². The smallest absolute Gasteiger partial charge is 0.256 e. The van der Waals surface area contributed by atoms with Gasteiger partial charge in [0.15, 0.2) is 0 Å². The second kappa shape index (κ2) is 6.52. The van der Waals surface area contributed by atoms with Crippen LogP contribution in [0, 0.1) is 0 Å². The lowest BCUT2D eigenvalue weighted by atomic mass is 10.1. The van der Waals surface area contributed by atoms with Crippen molar-refractivity contribution in [2.75, 3.05) is 38.5 Å². The molecule has 2 N–H and O–H groups in total. The molecule has 0 bridgehead atoms. The van der Waals surface area contributed by atoms with E-state index in [9.17, 15) is 9.59 Å². The van der Waals surface area contributed by atoms with Crippen LogP contribution < -0.4 is 10.2 Å². The number of carbonyl (C=O) groups excluding carboxylic acids is 2. The average molecular weight is 276 g/mol. The van der Waals surface area contributed by atoms with Crippen molar-refractivity contribution < 1.29 is 14.5 Å². The second-order valence-corrected chi connectivity index (χ2v) is 5.20. The third kappa shape index (κ3) is 3.36. The Bertz CT molecular complexity index is 494. The van der Waals surface area contributed by atoms with Gasteiger partial charge in [-0.2, -0.15) is 0 Å². The summed E-state index contributed by atoms with van der Waals surface area (Å²) >= 11 is 0. The molecule has 1 aliphatic heterocycles. The Morgan fingerprint density at radius 1 is 1.25 bits per heavy atom. The number of amides is 2. The SMILES string of the molecule is CCC(=O)Nc1ccccc1C(=O)N1CC[NH+](C)CC1. The second-order valence-electron chi connectivity index (χ2n) is 5.20.